The minimum Gasteiger partial charge on any atom is -0.451 e. The van der Waals surface area contributed by atoms with Crippen LogP contribution in [0, 0.1) is 0 Å². The first-order chi connectivity index (χ1) is 11.0. The molecule has 1 N–H and O–H groups in total. The van der Waals surface area contributed by atoms with E-state index in [1.807, 2.05) is 13.8 Å². The summed E-state index contributed by atoms with van der Waals surface area (Å²) in [7, 11) is 2.73. The first kappa shape index (κ1) is 16.4. The third-order valence-electron chi connectivity index (χ3n) is 4.66. The number of fused-ring (bicyclic) bond motifs is 3. The van der Waals surface area contributed by atoms with Crippen molar-refractivity contribution in [2.24, 2.45) is 0 Å². The highest BCUT2D eigenvalue weighted by Gasteiger charge is 2.46. The van der Waals surface area contributed by atoms with Crippen LogP contribution in [0.4, 0.5) is 0 Å². The van der Waals surface area contributed by atoms with Crippen LogP contribution < -0.4 is 0 Å². The molecule has 2 aromatic rings. The van der Waals surface area contributed by atoms with Crippen molar-refractivity contribution in [1.82, 2.24) is 0 Å². The van der Waals surface area contributed by atoms with Gasteiger partial charge in [-0.15, -0.1) is 0 Å². The Hall–Kier alpha value is -1.49. The summed E-state index contributed by atoms with van der Waals surface area (Å²) >= 11 is 0. The van der Waals surface area contributed by atoms with E-state index in [1.54, 1.807) is 7.11 Å². The molecule has 0 bridgehead atoms. The Balaban J connectivity index is 2.11. The molecule has 0 saturated carbocycles. The summed E-state index contributed by atoms with van der Waals surface area (Å²) in [4.78, 5) is 0. The summed E-state index contributed by atoms with van der Waals surface area (Å²) in [6.07, 6.45) is 0. The monoisotopic (exact) mass is 306 g/mol. The van der Waals surface area contributed by atoms with Crippen LogP contribution in [-0.4, -0.2) is 40.1 Å². The van der Waals surface area contributed by atoms with Gasteiger partial charge in [0.05, 0.1) is 0 Å². The van der Waals surface area contributed by atoms with Crippen molar-refractivity contribution in [1.29, 1.82) is 0 Å². The third-order valence-corrected chi connectivity index (χ3v) is 4.66. The second kappa shape index (κ2) is 6.19. The quantitative estimate of drug-likeness (QED) is 0.818. The van der Waals surface area contributed by atoms with E-state index >= 15 is 0 Å². The molecule has 0 spiro atoms. The van der Waals surface area contributed by atoms with Crippen molar-refractivity contribution in [3.05, 3.63) is 59.7 Å². The van der Waals surface area contributed by atoms with Crippen molar-refractivity contribution in [3.63, 3.8) is 0 Å². The van der Waals surface area contributed by atoms with Crippen molar-refractivity contribution in [3.8, 4) is 11.1 Å². The predicted molar refractivity (Wildman–Crippen MR) is 98.5 cm³/mol. The van der Waals surface area contributed by atoms with Crippen molar-refractivity contribution >= 4 is 22.4 Å². The van der Waals surface area contributed by atoms with Crippen LogP contribution in [0.25, 0.3) is 11.1 Å². The lowest BCUT2D eigenvalue weighted by Crippen LogP contribution is -2.46. The maximum Gasteiger partial charge on any atom is 0.301 e. The Morgan fingerprint density at radius 2 is 1.43 bits per heavy atom. The van der Waals surface area contributed by atoms with Crippen molar-refractivity contribution in [2.75, 3.05) is 7.11 Å². The standard InChI is InChI=1S/C17H21B3O3/c1-16(2,18-21)23-20-17(19-22-3)14-10-6-4-8-12(14)13-9-5-7-11-15(13)17/h4-11,18-21H,1-3H3. The largest absolute Gasteiger partial charge is 0.451 e. The zero-order valence-corrected chi connectivity index (χ0v) is 14.0. The maximum atomic E-state index is 9.52. The Bertz CT molecular complexity index is 657. The molecule has 0 aromatic heterocycles. The van der Waals surface area contributed by atoms with Crippen LogP contribution in [-0.2, 0) is 14.5 Å². The van der Waals surface area contributed by atoms with Crippen LogP contribution in [0.1, 0.15) is 25.0 Å². The predicted octanol–water partition coefficient (Wildman–Crippen LogP) is 1.31. The second-order valence-electron chi connectivity index (χ2n) is 6.81. The van der Waals surface area contributed by atoms with Gasteiger partial charge in [0.15, 0.2) is 0 Å². The summed E-state index contributed by atoms with van der Waals surface area (Å²) in [5.74, 6) is 0. The lowest BCUT2D eigenvalue weighted by atomic mass is 9.42. The molecule has 23 heavy (non-hydrogen) atoms. The van der Waals surface area contributed by atoms with Gasteiger partial charge in [-0.25, -0.2) is 0 Å². The molecule has 0 fully saturated rings. The van der Waals surface area contributed by atoms with E-state index < -0.39 is 5.50 Å². The average Bonchev–Trinajstić information content (AvgIpc) is 2.85. The minimum atomic E-state index is -0.576. The number of hydrogen-bond acceptors (Lipinski definition) is 3. The van der Waals surface area contributed by atoms with Gasteiger partial charge in [0.2, 0.25) is 0 Å². The third kappa shape index (κ3) is 2.76. The van der Waals surface area contributed by atoms with E-state index in [-0.39, 0.29) is 12.7 Å². The van der Waals surface area contributed by atoms with Gasteiger partial charge in [-0.1, -0.05) is 48.5 Å². The second-order valence-corrected chi connectivity index (χ2v) is 6.81. The van der Waals surface area contributed by atoms with Crippen LogP contribution in [0.2, 0.25) is 0 Å². The summed E-state index contributed by atoms with van der Waals surface area (Å²) in [5.41, 5.74) is 4.37. The average molecular weight is 306 g/mol. The normalized spacial score (nSPS) is 14.8. The van der Waals surface area contributed by atoms with Crippen molar-refractivity contribution in [2.45, 2.75) is 24.6 Å². The van der Waals surface area contributed by atoms with Gasteiger partial charge < -0.3 is 14.3 Å². The molecular weight excluding hydrogens is 285 g/mol. The molecule has 2 aromatic carbocycles. The fourth-order valence-corrected chi connectivity index (χ4v) is 3.38. The van der Waals surface area contributed by atoms with Crippen molar-refractivity contribution < 1.29 is 14.3 Å². The smallest absolute Gasteiger partial charge is 0.301 e. The summed E-state index contributed by atoms with van der Waals surface area (Å²) in [6, 6.07) is 16.9. The van der Waals surface area contributed by atoms with Gasteiger partial charge in [-0.3, -0.25) is 0 Å². The Labute approximate surface area is 139 Å². The maximum absolute atomic E-state index is 9.52. The molecule has 3 rings (SSSR count). The first-order valence-electron chi connectivity index (χ1n) is 7.97. The van der Waals surface area contributed by atoms with Crippen LogP contribution >= 0.6 is 0 Å². The van der Waals surface area contributed by atoms with E-state index in [0.717, 1.165) is 0 Å². The van der Waals surface area contributed by atoms with E-state index in [9.17, 15) is 5.02 Å². The molecule has 1 aliphatic carbocycles. The highest BCUT2D eigenvalue weighted by atomic mass is 16.5. The molecule has 3 nitrogen and oxygen atoms in total. The topological polar surface area (TPSA) is 38.7 Å². The highest BCUT2D eigenvalue weighted by Crippen LogP contribution is 2.48. The van der Waals surface area contributed by atoms with E-state index in [2.05, 4.69) is 48.5 Å². The SMILES string of the molecule is COBC1(BOC(C)(C)BO)c2ccccc2-c2ccccc21. The minimum absolute atomic E-state index is 0.0145. The Morgan fingerprint density at radius 3 is 1.91 bits per heavy atom. The Kier molecular flexibility index (Phi) is 4.41. The molecule has 1 aliphatic rings. The molecule has 0 amide bonds. The van der Waals surface area contributed by atoms with Crippen LogP contribution in [0.5, 0.6) is 0 Å². The molecule has 0 saturated heterocycles. The number of rotatable bonds is 6. The molecule has 116 valence electrons. The molecule has 0 atom stereocenters. The van der Waals surface area contributed by atoms with E-state index in [4.69, 9.17) is 9.31 Å². The highest BCUT2D eigenvalue weighted by molar-refractivity contribution is 6.59. The van der Waals surface area contributed by atoms with Gasteiger partial charge >= 0.3 is 7.48 Å². The Morgan fingerprint density at radius 1 is 0.913 bits per heavy atom. The molecular formula is C17H21B3O3. The summed E-state index contributed by atoms with van der Waals surface area (Å²) in [5, 5.41) is 9.18. The zero-order chi connectivity index (χ0) is 16.5. The number of hydrogen-bond donors (Lipinski definition) is 1. The molecule has 6 heteroatoms. The van der Waals surface area contributed by atoms with Gasteiger partial charge in [0, 0.05) is 17.8 Å². The molecule has 0 heterocycles. The van der Waals surface area contributed by atoms with Crippen LogP contribution in [0.15, 0.2) is 48.5 Å². The van der Waals surface area contributed by atoms with E-state index in [0.29, 0.717) is 15.0 Å². The summed E-state index contributed by atoms with van der Waals surface area (Å²) in [6.45, 7) is 3.81. The van der Waals surface area contributed by atoms with Crippen LogP contribution in [0.3, 0.4) is 0 Å². The lowest BCUT2D eigenvalue weighted by molar-refractivity contribution is 0.184. The van der Waals surface area contributed by atoms with Gasteiger partial charge in [0.25, 0.3) is 15.0 Å². The number of benzene rings is 2. The molecule has 0 aliphatic heterocycles. The van der Waals surface area contributed by atoms with Gasteiger partial charge in [-0.2, -0.15) is 0 Å². The summed E-state index contributed by atoms with van der Waals surface area (Å²) < 4.78 is 11.7. The molecule has 0 radical (unpaired) electrons. The molecule has 0 unspecified atom stereocenters. The van der Waals surface area contributed by atoms with Gasteiger partial charge in [0.1, 0.15) is 0 Å². The fourth-order valence-electron chi connectivity index (χ4n) is 3.38. The fraction of sp³-hybridized carbons (Fsp3) is 0.294. The van der Waals surface area contributed by atoms with Gasteiger partial charge in [-0.05, 0) is 36.1 Å². The van der Waals surface area contributed by atoms with E-state index in [1.165, 1.54) is 22.3 Å². The first-order valence-corrected chi connectivity index (χ1v) is 7.97. The lowest BCUT2D eigenvalue weighted by Gasteiger charge is -2.33. The zero-order valence-electron chi connectivity index (χ0n) is 14.0.